The molecule has 8 heteroatoms. The van der Waals surface area contributed by atoms with Gasteiger partial charge in [-0.05, 0) is 12.1 Å². The highest BCUT2D eigenvalue weighted by molar-refractivity contribution is 6.08. The number of carbonyl (C=O) groups excluding carboxylic acids is 1. The molecule has 0 saturated heterocycles. The van der Waals surface area contributed by atoms with Gasteiger partial charge in [-0.3, -0.25) is 4.79 Å². The summed E-state index contributed by atoms with van der Waals surface area (Å²) in [6, 6.07) is 3.15. The van der Waals surface area contributed by atoms with Crippen molar-refractivity contribution in [3.63, 3.8) is 0 Å². The third kappa shape index (κ3) is 2.85. The van der Waals surface area contributed by atoms with Crippen LogP contribution in [0.25, 0.3) is 0 Å². The van der Waals surface area contributed by atoms with Crippen molar-refractivity contribution in [2.45, 2.75) is 6.18 Å². The van der Waals surface area contributed by atoms with Gasteiger partial charge in [-0.25, -0.2) is 9.97 Å². The number of nitrogen functional groups attached to an aromatic ring is 1. The van der Waals surface area contributed by atoms with Crippen LogP contribution in [0.1, 0.15) is 15.9 Å². The number of hydrogen-bond acceptors (Lipinski definition) is 4. The molecule has 0 radical (unpaired) electrons. The predicted octanol–water partition coefficient (Wildman–Crippen LogP) is 2.33. The van der Waals surface area contributed by atoms with Crippen LogP contribution in [-0.2, 0) is 6.18 Å². The van der Waals surface area contributed by atoms with Crippen LogP contribution in [0, 0.1) is 0 Å². The summed E-state index contributed by atoms with van der Waals surface area (Å²) in [5, 5.41) is 2.37. The van der Waals surface area contributed by atoms with Gasteiger partial charge < -0.3 is 11.1 Å². The van der Waals surface area contributed by atoms with E-state index in [9.17, 15) is 18.0 Å². The van der Waals surface area contributed by atoms with Gasteiger partial charge in [0.05, 0.1) is 34.9 Å². The number of amides is 1. The first-order valence-electron chi connectivity index (χ1n) is 5.41. The molecule has 0 aliphatic heterocycles. The van der Waals surface area contributed by atoms with Crippen LogP contribution in [0.3, 0.4) is 0 Å². The average molecular weight is 282 g/mol. The van der Waals surface area contributed by atoms with Crippen molar-refractivity contribution in [3.8, 4) is 0 Å². The van der Waals surface area contributed by atoms with Crippen molar-refractivity contribution in [1.82, 2.24) is 9.97 Å². The summed E-state index contributed by atoms with van der Waals surface area (Å²) in [4.78, 5) is 19.2. The monoisotopic (exact) mass is 282 g/mol. The molecule has 0 aliphatic carbocycles. The summed E-state index contributed by atoms with van der Waals surface area (Å²) in [6.07, 6.45) is -0.728. The lowest BCUT2D eigenvalue weighted by Gasteiger charge is -2.13. The summed E-state index contributed by atoms with van der Waals surface area (Å²) in [6.45, 7) is 0. The van der Waals surface area contributed by atoms with Crippen molar-refractivity contribution in [2.75, 3.05) is 11.1 Å². The summed E-state index contributed by atoms with van der Waals surface area (Å²) in [7, 11) is 0. The normalized spacial score (nSPS) is 11.2. The molecule has 1 heterocycles. The summed E-state index contributed by atoms with van der Waals surface area (Å²) >= 11 is 0. The molecule has 104 valence electrons. The Hall–Kier alpha value is -2.64. The van der Waals surface area contributed by atoms with Crippen LogP contribution in [-0.4, -0.2) is 15.9 Å². The van der Waals surface area contributed by atoms with Crippen molar-refractivity contribution < 1.29 is 18.0 Å². The zero-order chi connectivity index (χ0) is 14.8. The van der Waals surface area contributed by atoms with E-state index in [2.05, 4.69) is 15.3 Å². The zero-order valence-corrected chi connectivity index (χ0v) is 9.98. The molecule has 1 amide bonds. The highest BCUT2D eigenvalue weighted by Gasteiger charge is 2.34. The molecule has 0 unspecified atom stereocenters. The molecule has 20 heavy (non-hydrogen) atoms. The number of alkyl halides is 3. The second-order valence-electron chi connectivity index (χ2n) is 3.85. The van der Waals surface area contributed by atoms with Gasteiger partial charge >= 0.3 is 6.18 Å². The lowest BCUT2D eigenvalue weighted by Crippen LogP contribution is -2.17. The van der Waals surface area contributed by atoms with Gasteiger partial charge in [-0.15, -0.1) is 0 Å². The number of nitrogens with zero attached hydrogens (tertiary/aromatic N) is 2. The van der Waals surface area contributed by atoms with E-state index < -0.39 is 23.3 Å². The number of aromatic nitrogens is 2. The molecule has 0 fully saturated rings. The van der Waals surface area contributed by atoms with Crippen LogP contribution in [0.4, 0.5) is 24.5 Å². The van der Waals surface area contributed by atoms with Gasteiger partial charge in [-0.2, -0.15) is 13.2 Å². The molecule has 0 bridgehead atoms. The van der Waals surface area contributed by atoms with E-state index >= 15 is 0 Å². The first-order valence-corrected chi connectivity index (χ1v) is 5.41. The Labute approximate surface area is 111 Å². The van der Waals surface area contributed by atoms with Crippen molar-refractivity contribution >= 4 is 17.3 Å². The van der Waals surface area contributed by atoms with E-state index in [1.807, 2.05) is 0 Å². The average Bonchev–Trinajstić information content (AvgIpc) is 2.38. The zero-order valence-electron chi connectivity index (χ0n) is 9.98. The second-order valence-corrected chi connectivity index (χ2v) is 3.85. The molecular weight excluding hydrogens is 273 g/mol. The third-order valence-corrected chi connectivity index (χ3v) is 2.47. The van der Waals surface area contributed by atoms with Crippen LogP contribution >= 0.6 is 0 Å². The van der Waals surface area contributed by atoms with Gasteiger partial charge in [0.2, 0.25) is 0 Å². The maximum atomic E-state index is 12.7. The Morgan fingerprint density at radius 1 is 1.20 bits per heavy atom. The quantitative estimate of drug-likeness (QED) is 0.828. The molecular formula is C12H9F3N4O. The number of benzene rings is 1. The van der Waals surface area contributed by atoms with E-state index in [0.717, 1.165) is 12.1 Å². The molecule has 0 saturated carbocycles. The highest BCUT2D eigenvalue weighted by atomic mass is 19.4. The van der Waals surface area contributed by atoms with E-state index in [1.54, 1.807) is 0 Å². The number of hydrogen-bond donors (Lipinski definition) is 2. The molecule has 0 aliphatic rings. The molecule has 3 N–H and O–H groups in total. The molecule has 1 aromatic carbocycles. The van der Waals surface area contributed by atoms with E-state index in [0.29, 0.717) is 0 Å². The van der Waals surface area contributed by atoms with Gasteiger partial charge in [0, 0.05) is 0 Å². The van der Waals surface area contributed by atoms with Gasteiger partial charge in [0.25, 0.3) is 5.91 Å². The molecule has 5 nitrogen and oxygen atoms in total. The SMILES string of the molecule is Nc1c(C(=O)Nc2cncnc2)cccc1C(F)(F)F. The maximum Gasteiger partial charge on any atom is 0.418 e. The van der Waals surface area contributed by atoms with E-state index in [1.165, 1.54) is 24.8 Å². The Morgan fingerprint density at radius 3 is 2.45 bits per heavy atom. The third-order valence-electron chi connectivity index (χ3n) is 2.47. The standard InChI is InChI=1S/C12H9F3N4O/c13-12(14,15)9-3-1-2-8(10(9)16)11(20)19-7-4-17-6-18-5-7/h1-6H,16H2,(H,19,20). The number of carbonyl (C=O) groups is 1. The van der Waals surface area contributed by atoms with Crippen LogP contribution in [0.5, 0.6) is 0 Å². The van der Waals surface area contributed by atoms with Gasteiger partial charge in [0.1, 0.15) is 6.33 Å². The molecule has 1 aromatic heterocycles. The topological polar surface area (TPSA) is 80.9 Å². The van der Waals surface area contributed by atoms with Crippen LogP contribution in [0.2, 0.25) is 0 Å². The number of rotatable bonds is 2. The largest absolute Gasteiger partial charge is 0.418 e. The summed E-state index contributed by atoms with van der Waals surface area (Å²) < 4.78 is 38.1. The van der Waals surface area contributed by atoms with Crippen LogP contribution in [0.15, 0.2) is 36.9 Å². The van der Waals surface area contributed by atoms with Crippen molar-refractivity contribution in [3.05, 3.63) is 48.0 Å². The lowest BCUT2D eigenvalue weighted by atomic mass is 10.1. The molecule has 0 spiro atoms. The van der Waals surface area contributed by atoms with E-state index in [-0.39, 0.29) is 11.3 Å². The smallest absolute Gasteiger partial charge is 0.398 e. The first-order chi connectivity index (χ1) is 9.39. The minimum atomic E-state index is -4.61. The molecule has 2 rings (SSSR count). The Morgan fingerprint density at radius 2 is 1.85 bits per heavy atom. The lowest BCUT2D eigenvalue weighted by molar-refractivity contribution is -0.136. The number of anilines is 2. The van der Waals surface area contributed by atoms with Crippen LogP contribution < -0.4 is 11.1 Å². The van der Waals surface area contributed by atoms with Gasteiger partial charge in [0.15, 0.2) is 0 Å². The fourth-order valence-electron chi connectivity index (χ4n) is 1.57. The van der Waals surface area contributed by atoms with Gasteiger partial charge in [-0.1, -0.05) is 6.07 Å². The molecule has 0 atom stereocenters. The highest BCUT2D eigenvalue weighted by Crippen LogP contribution is 2.35. The first kappa shape index (κ1) is 13.8. The number of nitrogens with one attached hydrogen (secondary N) is 1. The second kappa shape index (κ2) is 5.16. The Bertz CT molecular complexity index is 628. The minimum Gasteiger partial charge on any atom is -0.398 e. The Balaban J connectivity index is 2.32. The number of para-hydroxylation sites is 1. The fourth-order valence-corrected chi connectivity index (χ4v) is 1.57. The number of halogens is 3. The number of nitrogens with two attached hydrogens (primary N) is 1. The van der Waals surface area contributed by atoms with Crippen molar-refractivity contribution in [1.29, 1.82) is 0 Å². The minimum absolute atomic E-state index is 0.259. The molecule has 2 aromatic rings. The predicted molar refractivity (Wildman–Crippen MR) is 65.8 cm³/mol. The summed E-state index contributed by atoms with van der Waals surface area (Å²) in [5.74, 6) is -0.761. The summed E-state index contributed by atoms with van der Waals surface area (Å²) in [5.41, 5.74) is 3.75. The maximum absolute atomic E-state index is 12.7. The van der Waals surface area contributed by atoms with Crippen molar-refractivity contribution in [2.24, 2.45) is 0 Å². The van der Waals surface area contributed by atoms with E-state index in [4.69, 9.17) is 5.73 Å². The Kier molecular flexibility index (Phi) is 3.55. The fraction of sp³-hybridized carbons (Fsp3) is 0.0833.